The van der Waals surface area contributed by atoms with Gasteiger partial charge in [0, 0.05) is 64.1 Å². The first-order valence-corrected chi connectivity index (χ1v) is 19.8. The molecular formula is C51H30N4OS. The van der Waals surface area contributed by atoms with E-state index in [1.807, 2.05) is 84.1 Å². The van der Waals surface area contributed by atoms with Crippen LogP contribution >= 0.6 is 11.3 Å². The van der Waals surface area contributed by atoms with Crippen LogP contribution in [0.25, 0.3) is 115 Å². The lowest BCUT2D eigenvalue weighted by molar-refractivity contribution is 0.669. The van der Waals surface area contributed by atoms with Crippen LogP contribution in [-0.2, 0) is 0 Å². The van der Waals surface area contributed by atoms with E-state index in [-0.39, 0.29) is 0 Å². The summed E-state index contributed by atoms with van der Waals surface area (Å²) in [5.41, 5.74) is 10.3. The fourth-order valence-electron chi connectivity index (χ4n) is 8.51. The van der Waals surface area contributed by atoms with Gasteiger partial charge in [-0.15, -0.1) is 11.3 Å². The van der Waals surface area contributed by atoms with Crippen molar-refractivity contribution in [3.05, 3.63) is 182 Å². The van der Waals surface area contributed by atoms with E-state index in [1.165, 1.54) is 47.5 Å². The van der Waals surface area contributed by atoms with Gasteiger partial charge in [-0.05, 0) is 65.7 Å². The zero-order chi connectivity index (χ0) is 37.5. The predicted octanol–water partition coefficient (Wildman–Crippen LogP) is 13.9. The standard InChI is InChI=1S/C51H30N4OS/c1-3-13-31(14-4-1)49-52-50(32-15-5-2-6-16-32)54-51(53-49)33-25-28-43-40(29-33)47-37(19-11-23-44(47)56-43)38-20-12-24-45-48(38)39-27-26-34(30-46(39)57-45)55-41-21-9-7-17-35(41)36-18-8-10-22-42(36)55/h1-30H. The molecule has 0 bridgehead atoms. The highest BCUT2D eigenvalue weighted by atomic mass is 32.1. The van der Waals surface area contributed by atoms with Crippen LogP contribution in [0.2, 0.25) is 0 Å². The number of rotatable bonds is 5. The van der Waals surface area contributed by atoms with Crippen LogP contribution in [0.1, 0.15) is 0 Å². The van der Waals surface area contributed by atoms with Crippen LogP contribution in [0.4, 0.5) is 0 Å². The maximum atomic E-state index is 6.55. The summed E-state index contributed by atoms with van der Waals surface area (Å²) in [6, 6.07) is 63.8. The van der Waals surface area contributed by atoms with Crippen LogP contribution in [0, 0.1) is 0 Å². The fourth-order valence-corrected chi connectivity index (χ4v) is 9.67. The number of furan rings is 1. The molecule has 12 rings (SSSR count). The van der Waals surface area contributed by atoms with Gasteiger partial charge < -0.3 is 8.98 Å². The van der Waals surface area contributed by atoms with Crippen molar-refractivity contribution in [2.24, 2.45) is 0 Å². The van der Waals surface area contributed by atoms with Crippen molar-refractivity contribution in [3.63, 3.8) is 0 Å². The normalized spacial score (nSPS) is 11.9. The lowest BCUT2D eigenvalue weighted by Gasteiger charge is -2.10. The highest BCUT2D eigenvalue weighted by Crippen LogP contribution is 2.45. The Morgan fingerprint density at radius 3 is 1.67 bits per heavy atom. The number of hydrogen-bond acceptors (Lipinski definition) is 5. The summed E-state index contributed by atoms with van der Waals surface area (Å²) in [6.07, 6.45) is 0. The largest absolute Gasteiger partial charge is 0.456 e. The minimum absolute atomic E-state index is 0.612. The van der Waals surface area contributed by atoms with E-state index >= 15 is 0 Å². The number of hydrogen-bond donors (Lipinski definition) is 0. The van der Waals surface area contributed by atoms with Gasteiger partial charge >= 0.3 is 0 Å². The first-order valence-electron chi connectivity index (χ1n) is 19.0. The molecule has 0 aliphatic carbocycles. The van der Waals surface area contributed by atoms with E-state index < -0.39 is 0 Å². The van der Waals surface area contributed by atoms with E-state index in [4.69, 9.17) is 19.4 Å². The molecule has 0 radical (unpaired) electrons. The zero-order valence-electron chi connectivity index (χ0n) is 30.4. The average molecular weight is 747 g/mol. The topological polar surface area (TPSA) is 56.7 Å². The Bertz CT molecular complexity index is 3420. The molecule has 4 aromatic heterocycles. The third kappa shape index (κ3) is 5.04. The molecule has 5 nitrogen and oxygen atoms in total. The van der Waals surface area contributed by atoms with Crippen molar-refractivity contribution in [3.8, 4) is 51.0 Å². The lowest BCUT2D eigenvalue weighted by atomic mass is 9.95. The van der Waals surface area contributed by atoms with Crippen molar-refractivity contribution in [2.45, 2.75) is 0 Å². The highest BCUT2D eigenvalue weighted by Gasteiger charge is 2.20. The van der Waals surface area contributed by atoms with E-state index in [2.05, 4.69) is 114 Å². The molecule has 0 aliphatic rings. The second-order valence-corrected chi connectivity index (χ2v) is 15.4. The molecule has 57 heavy (non-hydrogen) atoms. The second-order valence-electron chi connectivity index (χ2n) is 14.4. The molecule has 266 valence electrons. The first-order chi connectivity index (χ1) is 28.2. The van der Waals surface area contributed by atoms with Crippen LogP contribution in [0.5, 0.6) is 0 Å². The summed E-state index contributed by atoms with van der Waals surface area (Å²) in [7, 11) is 0. The van der Waals surface area contributed by atoms with Crippen molar-refractivity contribution in [2.75, 3.05) is 0 Å². The van der Waals surface area contributed by atoms with Gasteiger partial charge in [0.1, 0.15) is 11.2 Å². The molecular weight excluding hydrogens is 717 g/mol. The Kier molecular flexibility index (Phi) is 7.03. The quantitative estimate of drug-likeness (QED) is 0.176. The molecule has 4 heterocycles. The van der Waals surface area contributed by atoms with Crippen LogP contribution in [-0.4, -0.2) is 19.5 Å². The number of benzene rings is 8. The minimum atomic E-state index is 0.612. The molecule has 0 aliphatic heterocycles. The molecule has 0 N–H and O–H groups in total. The SMILES string of the molecule is c1ccc(-c2nc(-c3ccccc3)nc(-c3ccc4oc5cccc(-c6cccc7sc8cc(-n9c%10ccccc%10c%10ccccc%109)ccc8c67)c5c4c3)n2)cc1. The Balaban J connectivity index is 1.04. The van der Waals surface area contributed by atoms with Crippen LogP contribution in [0.3, 0.4) is 0 Å². The van der Waals surface area contributed by atoms with Gasteiger partial charge in [0.25, 0.3) is 0 Å². The number of para-hydroxylation sites is 2. The summed E-state index contributed by atoms with van der Waals surface area (Å²) < 4.78 is 11.4. The third-order valence-electron chi connectivity index (χ3n) is 11.1. The van der Waals surface area contributed by atoms with E-state index in [0.717, 1.165) is 49.9 Å². The van der Waals surface area contributed by atoms with E-state index in [0.29, 0.717) is 17.5 Å². The maximum absolute atomic E-state index is 6.55. The van der Waals surface area contributed by atoms with Crippen molar-refractivity contribution >= 4 is 75.3 Å². The van der Waals surface area contributed by atoms with Crippen molar-refractivity contribution < 1.29 is 4.42 Å². The lowest BCUT2D eigenvalue weighted by Crippen LogP contribution is -2.00. The van der Waals surface area contributed by atoms with Gasteiger partial charge in [-0.2, -0.15) is 0 Å². The molecule has 0 saturated heterocycles. The molecule has 0 atom stereocenters. The van der Waals surface area contributed by atoms with Gasteiger partial charge in [0.2, 0.25) is 0 Å². The molecule has 0 spiro atoms. The summed E-state index contributed by atoms with van der Waals surface area (Å²) in [4.78, 5) is 15.0. The molecule has 0 unspecified atom stereocenters. The van der Waals surface area contributed by atoms with Gasteiger partial charge in [-0.3, -0.25) is 0 Å². The molecule has 8 aromatic carbocycles. The fraction of sp³-hybridized carbons (Fsp3) is 0. The first kappa shape index (κ1) is 31.9. The van der Waals surface area contributed by atoms with Crippen LogP contribution < -0.4 is 0 Å². The Hall–Kier alpha value is -7.41. The number of nitrogens with zero attached hydrogens (tertiary/aromatic N) is 4. The predicted molar refractivity (Wildman–Crippen MR) is 236 cm³/mol. The monoisotopic (exact) mass is 746 g/mol. The smallest absolute Gasteiger partial charge is 0.164 e. The number of fused-ring (bicyclic) bond motifs is 9. The van der Waals surface area contributed by atoms with Crippen molar-refractivity contribution in [1.82, 2.24) is 19.5 Å². The van der Waals surface area contributed by atoms with Crippen molar-refractivity contribution in [1.29, 1.82) is 0 Å². The molecule has 12 aromatic rings. The summed E-state index contributed by atoms with van der Waals surface area (Å²) in [5, 5.41) is 7.11. The van der Waals surface area contributed by atoms with Gasteiger partial charge in [0.05, 0.1) is 11.0 Å². The van der Waals surface area contributed by atoms with Gasteiger partial charge in [-0.25, -0.2) is 15.0 Å². The van der Waals surface area contributed by atoms with Gasteiger partial charge in [-0.1, -0.05) is 127 Å². The maximum Gasteiger partial charge on any atom is 0.164 e. The molecule has 0 fully saturated rings. The minimum Gasteiger partial charge on any atom is -0.456 e. The van der Waals surface area contributed by atoms with Gasteiger partial charge in [0.15, 0.2) is 17.5 Å². The Morgan fingerprint density at radius 1 is 0.386 bits per heavy atom. The number of thiophene rings is 1. The average Bonchev–Trinajstić information content (AvgIpc) is 3.96. The Morgan fingerprint density at radius 2 is 0.982 bits per heavy atom. The summed E-state index contributed by atoms with van der Waals surface area (Å²) in [6.45, 7) is 0. The molecule has 6 heteroatoms. The molecule has 0 saturated carbocycles. The number of aromatic nitrogens is 4. The highest BCUT2D eigenvalue weighted by molar-refractivity contribution is 7.26. The Labute approximate surface area is 330 Å². The third-order valence-corrected chi connectivity index (χ3v) is 12.2. The van der Waals surface area contributed by atoms with E-state index in [9.17, 15) is 0 Å². The zero-order valence-corrected chi connectivity index (χ0v) is 31.2. The molecule has 0 amide bonds. The van der Waals surface area contributed by atoms with E-state index in [1.54, 1.807) is 0 Å². The summed E-state index contributed by atoms with van der Waals surface area (Å²) in [5.74, 6) is 1.88. The van der Waals surface area contributed by atoms with Crippen LogP contribution in [0.15, 0.2) is 186 Å². The second kappa shape index (κ2) is 12.6. The summed E-state index contributed by atoms with van der Waals surface area (Å²) >= 11 is 1.84.